The van der Waals surface area contributed by atoms with Crippen molar-refractivity contribution in [3.63, 3.8) is 0 Å². The molecule has 0 aromatic rings. The van der Waals surface area contributed by atoms with Crippen LogP contribution in [0.15, 0.2) is 12.7 Å². The SMILES string of the molecule is C=CC(CNC(=O)OC)SSCC(NC)C(=O)NC. The van der Waals surface area contributed by atoms with Crippen LogP contribution in [0, 0.1) is 0 Å². The number of carbonyl (C=O) groups excluding carboxylic acids is 2. The van der Waals surface area contributed by atoms with Gasteiger partial charge in [-0.1, -0.05) is 27.7 Å². The first kappa shape index (κ1) is 18.1. The first-order valence-electron chi connectivity index (χ1n) is 5.70. The third kappa shape index (κ3) is 8.02. The number of nitrogens with one attached hydrogen (secondary N) is 3. The molecule has 8 heteroatoms. The number of carbonyl (C=O) groups is 2. The van der Waals surface area contributed by atoms with Crippen molar-refractivity contribution in [2.24, 2.45) is 0 Å². The first-order chi connectivity index (χ1) is 9.08. The van der Waals surface area contributed by atoms with Gasteiger partial charge in [0.1, 0.15) is 0 Å². The van der Waals surface area contributed by atoms with Crippen LogP contribution < -0.4 is 16.0 Å². The Morgan fingerprint density at radius 1 is 1.42 bits per heavy atom. The van der Waals surface area contributed by atoms with Gasteiger partial charge < -0.3 is 20.7 Å². The van der Waals surface area contributed by atoms with Crippen LogP contribution in [0.2, 0.25) is 0 Å². The van der Waals surface area contributed by atoms with Crippen LogP contribution in [0.5, 0.6) is 0 Å². The summed E-state index contributed by atoms with van der Waals surface area (Å²) in [5.74, 6) is 0.585. The van der Waals surface area contributed by atoms with Crippen LogP contribution in [0.1, 0.15) is 0 Å². The van der Waals surface area contributed by atoms with Gasteiger partial charge in [-0.05, 0) is 7.05 Å². The fraction of sp³-hybridized carbons (Fsp3) is 0.636. The Balaban J connectivity index is 3.97. The zero-order valence-corrected chi connectivity index (χ0v) is 13.0. The zero-order chi connectivity index (χ0) is 14.7. The smallest absolute Gasteiger partial charge is 0.406 e. The molecule has 0 radical (unpaired) electrons. The highest BCUT2D eigenvalue weighted by molar-refractivity contribution is 8.77. The highest BCUT2D eigenvalue weighted by Gasteiger charge is 2.16. The average molecular weight is 307 g/mol. The largest absolute Gasteiger partial charge is 0.453 e. The van der Waals surface area contributed by atoms with Crippen molar-refractivity contribution in [2.45, 2.75) is 11.3 Å². The predicted molar refractivity (Wildman–Crippen MR) is 81.4 cm³/mol. The van der Waals surface area contributed by atoms with Crippen molar-refractivity contribution in [3.8, 4) is 0 Å². The van der Waals surface area contributed by atoms with E-state index in [1.54, 1.807) is 41.8 Å². The third-order valence-corrected chi connectivity index (χ3v) is 5.00. The van der Waals surface area contributed by atoms with Crippen LogP contribution in [-0.4, -0.2) is 56.8 Å². The maximum Gasteiger partial charge on any atom is 0.406 e. The molecule has 2 unspecified atom stereocenters. The van der Waals surface area contributed by atoms with E-state index in [0.29, 0.717) is 12.3 Å². The van der Waals surface area contributed by atoms with Crippen molar-refractivity contribution in [2.75, 3.05) is 33.5 Å². The number of likely N-dealkylation sites (N-methyl/N-ethyl adjacent to an activating group) is 2. The number of hydrogen-bond acceptors (Lipinski definition) is 6. The van der Waals surface area contributed by atoms with Gasteiger partial charge in [0, 0.05) is 19.3 Å². The van der Waals surface area contributed by atoms with Gasteiger partial charge in [0.05, 0.1) is 18.4 Å². The highest BCUT2D eigenvalue weighted by atomic mass is 33.1. The molecular weight excluding hydrogens is 286 g/mol. The molecule has 110 valence electrons. The summed E-state index contributed by atoms with van der Waals surface area (Å²) in [4.78, 5) is 22.4. The van der Waals surface area contributed by atoms with Gasteiger partial charge in [-0.15, -0.1) is 6.58 Å². The van der Waals surface area contributed by atoms with Crippen molar-refractivity contribution < 1.29 is 14.3 Å². The molecule has 0 saturated carbocycles. The second-order valence-electron chi connectivity index (χ2n) is 3.48. The van der Waals surface area contributed by atoms with Gasteiger partial charge in [-0.25, -0.2) is 4.79 Å². The summed E-state index contributed by atoms with van der Waals surface area (Å²) in [5, 5.41) is 8.21. The van der Waals surface area contributed by atoms with Gasteiger partial charge in [0.25, 0.3) is 0 Å². The number of hydrogen-bond donors (Lipinski definition) is 3. The highest BCUT2D eigenvalue weighted by Crippen LogP contribution is 2.27. The number of ether oxygens (including phenoxy) is 1. The van der Waals surface area contributed by atoms with E-state index in [1.165, 1.54) is 7.11 Å². The monoisotopic (exact) mass is 307 g/mol. The van der Waals surface area contributed by atoms with Crippen LogP contribution in [-0.2, 0) is 9.53 Å². The first-order valence-corrected chi connectivity index (χ1v) is 8.08. The average Bonchev–Trinajstić information content (AvgIpc) is 2.45. The molecule has 2 amide bonds. The molecule has 0 aromatic carbocycles. The van der Waals surface area contributed by atoms with E-state index < -0.39 is 6.09 Å². The van der Waals surface area contributed by atoms with E-state index in [-0.39, 0.29) is 17.2 Å². The standard InChI is InChI=1S/C11H21N3O3S2/c1-5-8(6-14-11(16)17-4)19-18-7-9(12-2)10(15)13-3/h5,8-9,12H,1,6-7H2,2-4H3,(H,13,15)(H,14,16). The minimum atomic E-state index is -0.462. The van der Waals surface area contributed by atoms with E-state index in [9.17, 15) is 9.59 Å². The zero-order valence-electron chi connectivity index (χ0n) is 11.4. The summed E-state index contributed by atoms with van der Waals surface area (Å²) in [6.45, 7) is 4.16. The summed E-state index contributed by atoms with van der Waals surface area (Å²) < 4.78 is 4.49. The predicted octanol–water partition coefficient (Wildman–Crippen LogP) is 0.612. The molecule has 2 atom stereocenters. The summed E-state index contributed by atoms with van der Waals surface area (Å²) >= 11 is 0. The molecule has 0 aliphatic rings. The Morgan fingerprint density at radius 3 is 2.58 bits per heavy atom. The van der Waals surface area contributed by atoms with Crippen molar-refractivity contribution in [3.05, 3.63) is 12.7 Å². The van der Waals surface area contributed by atoms with E-state index in [4.69, 9.17) is 0 Å². The van der Waals surface area contributed by atoms with E-state index in [2.05, 4.69) is 27.3 Å². The fourth-order valence-electron chi connectivity index (χ4n) is 1.07. The molecule has 6 nitrogen and oxygen atoms in total. The Kier molecular flexibility index (Phi) is 10.5. The van der Waals surface area contributed by atoms with Crippen molar-refractivity contribution in [1.82, 2.24) is 16.0 Å². The molecule has 3 N–H and O–H groups in total. The van der Waals surface area contributed by atoms with Crippen LogP contribution >= 0.6 is 21.6 Å². The normalized spacial score (nSPS) is 13.2. The van der Waals surface area contributed by atoms with Crippen molar-refractivity contribution >= 4 is 33.6 Å². The van der Waals surface area contributed by atoms with Gasteiger partial charge >= 0.3 is 6.09 Å². The molecule has 0 aliphatic heterocycles. The second kappa shape index (κ2) is 11.0. The fourth-order valence-corrected chi connectivity index (χ4v) is 3.62. The molecule has 0 aromatic heterocycles. The number of alkyl carbamates (subject to hydrolysis) is 1. The molecule has 0 rings (SSSR count). The number of rotatable bonds is 9. The summed E-state index contributed by atoms with van der Waals surface area (Å²) in [6.07, 6.45) is 1.29. The van der Waals surface area contributed by atoms with Crippen LogP contribution in [0.4, 0.5) is 4.79 Å². The minimum absolute atomic E-state index is 0.0431. The third-order valence-electron chi connectivity index (χ3n) is 2.23. The number of methoxy groups -OCH3 is 1. The van der Waals surface area contributed by atoms with E-state index >= 15 is 0 Å². The molecule has 0 aliphatic carbocycles. The maximum atomic E-state index is 11.5. The molecule has 0 spiro atoms. The molecule has 19 heavy (non-hydrogen) atoms. The quantitative estimate of drug-likeness (QED) is 0.428. The molecule has 0 bridgehead atoms. The number of amides is 2. The minimum Gasteiger partial charge on any atom is -0.453 e. The maximum absolute atomic E-state index is 11.5. The molecule has 0 fully saturated rings. The Morgan fingerprint density at radius 2 is 2.11 bits per heavy atom. The van der Waals surface area contributed by atoms with Crippen LogP contribution in [0.3, 0.4) is 0 Å². The Labute approximate surface area is 121 Å². The van der Waals surface area contributed by atoms with Crippen molar-refractivity contribution in [1.29, 1.82) is 0 Å². The van der Waals surface area contributed by atoms with E-state index in [1.807, 2.05) is 0 Å². The summed E-state index contributed by atoms with van der Waals surface area (Å²) in [6, 6.07) is -0.235. The Bertz CT molecular complexity index is 303. The lowest BCUT2D eigenvalue weighted by molar-refractivity contribution is -0.121. The van der Waals surface area contributed by atoms with Gasteiger partial charge in [-0.2, -0.15) is 0 Å². The second-order valence-corrected chi connectivity index (χ2v) is 6.13. The molecule has 0 saturated heterocycles. The van der Waals surface area contributed by atoms with Gasteiger partial charge in [0.15, 0.2) is 0 Å². The lowest BCUT2D eigenvalue weighted by Crippen LogP contribution is -2.42. The van der Waals surface area contributed by atoms with Gasteiger partial charge in [-0.3, -0.25) is 4.79 Å². The topological polar surface area (TPSA) is 79.5 Å². The lowest BCUT2D eigenvalue weighted by atomic mass is 10.3. The Hall–Kier alpha value is -0.860. The summed E-state index contributed by atoms with van der Waals surface area (Å²) in [7, 11) is 7.78. The van der Waals surface area contributed by atoms with E-state index in [0.717, 1.165) is 0 Å². The van der Waals surface area contributed by atoms with Gasteiger partial charge in [0.2, 0.25) is 5.91 Å². The summed E-state index contributed by atoms with van der Waals surface area (Å²) in [5.41, 5.74) is 0. The van der Waals surface area contributed by atoms with Crippen LogP contribution in [0.25, 0.3) is 0 Å². The molecular formula is C11H21N3O3S2. The lowest BCUT2D eigenvalue weighted by Gasteiger charge is -2.16. The molecule has 0 heterocycles.